The minimum Gasteiger partial charge on any atom is -0.504 e. The summed E-state index contributed by atoms with van der Waals surface area (Å²) in [5.41, 5.74) is 0.655. The van der Waals surface area contributed by atoms with E-state index in [1.54, 1.807) is 31.2 Å². The molecule has 0 atom stereocenters. The number of nitrogens with zero attached hydrogens (tertiary/aromatic N) is 2. The molecule has 1 fully saturated rings. The van der Waals surface area contributed by atoms with E-state index in [9.17, 15) is 27.4 Å². The van der Waals surface area contributed by atoms with Crippen molar-refractivity contribution in [2.45, 2.75) is 43.4 Å². The predicted molar refractivity (Wildman–Crippen MR) is 147 cm³/mol. The number of anilines is 2. The first-order chi connectivity index (χ1) is 19.0. The van der Waals surface area contributed by atoms with E-state index < -0.39 is 27.3 Å². The molecule has 1 aliphatic rings. The summed E-state index contributed by atoms with van der Waals surface area (Å²) in [6.45, 7) is 1.83. The van der Waals surface area contributed by atoms with Crippen LogP contribution in [-0.4, -0.2) is 35.7 Å². The molecule has 0 unspecified atom stereocenters. The van der Waals surface area contributed by atoms with Crippen LogP contribution in [0.2, 0.25) is 0 Å². The summed E-state index contributed by atoms with van der Waals surface area (Å²) in [6.07, 6.45) is 3.02. The number of nitrogens with one attached hydrogen (secondary N) is 2. The fourth-order valence-electron chi connectivity index (χ4n) is 4.43. The fourth-order valence-corrected chi connectivity index (χ4v) is 6.96. The number of hydrogen-bond donors (Lipinski definition) is 4. The second-order valence-electron chi connectivity index (χ2n) is 9.48. The molecular formula is C27H26F2N4O5S2. The van der Waals surface area contributed by atoms with Crippen LogP contribution in [0.1, 0.15) is 35.3 Å². The number of phenolic OH excluding ortho intramolecular Hbond substituents is 1. The van der Waals surface area contributed by atoms with Gasteiger partial charge in [-0.05, 0) is 62.1 Å². The topological polar surface area (TPSA) is 134 Å². The number of aliphatic hydroxyl groups is 1. The van der Waals surface area contributed by atoms with E-state index >= 15 is 0 Å². The van der Waals surface area contributed by atoms with Gasteiger partial charge in [0.05, 0.1) is 29.6 Å². The van der Waals surface area contributed by atoms with E-state index in [4.69, 9.17) is 4.74 Å². The van der Waals surface area contributed by atoms with E-state index in [2.05, 4.69) is 20.0 Å². The van der Waals surface area contributed by atoms with Crippen molar-refractivity contribution in [1.29, 1.82) is 0 Å². The highest BCUT2D eigenvalue weighted by Crippen LogP contribution is 2.49. The number of aromatic hydroxyl groups is 1. The summed E-state index contributed by atoms with van der Waals surface area (Å²) in [7, 11) is -2.74. The third kappa shape index (κ3) is 5.31. The van der Waals surface area contributed by atoms with Gasteiger partial charge in [-0.1, -0.05) is 23.5 Å². The Bertz CT molecular complexity index is 1690. The Morgan fingerprint density at radius 1 is 1.15 bits per heavy atom. The summed E-state index contributed by atoms with van der Waals surface area (Å²) in [5.74, 6) is -1.76. The number of aryl methyl sites for hydroxylation is 1. The number of aromatic nitrogens is 2. The highest BCUT2D eigenvalue weighted by atomic mass is 32.2. The van der Waals surface area contributed by atoms with Gasteiger partial charge in [0, 0.05) is 17.7 Å². The van der Waals surface area contributed by atoms with E-state index in [1.165, 1.54) is 19.4 Å². The Balaban J connectivity index is 1.39. The van der Waals surface area contributed by atoms with E-state index in [1.807, 2.05) is 0 Å². The standard InChI is InChI=1S/C27H26F2N4O5S2/c1-15-11-18(30-13-17-5-3-6-21(38-2)23(17)34)14-31-25(15)40(36,37)33-26-32-22(16-7-8-19(28)20(29)12-16)24(39-26)27(35)9-4-10-27/h3,5-8,11-12,14,30,34-35H,4,9-10,13H2,1-2H3,(H,32,33). The van der Waals surface area contributed by atoms with Crippen LogP contribution in [0.15, 0.2) is 53.7 Å². The minimum absolute atomic E-state index is 0.00250. The summed E-state index contributed by atoms with van der Waals surface area (Å²) in [6, 6.07) is 9.97. The number of methoxy groups -OCH3 is 1. The van der Waals surface area contributed by atoms with Crippen LogP contribution >= 0.6 is 11.3 Å². The highest BCUT2D eigenvalue weighted by Gasteiger charge is 2.41. The average Bonchev–Trinajstić information content (AvgIpc) is 3.31. The molecule has 4 N–H and O–H groups in total. The quantitative estimate of drug-likeness (QED) is 0.207. The Labute approximate surface area is 233 Å². The summed E-state index contributed by atoms with van der Waals surface area (Å²) in [4.78, 5) is 8.87. The van der Waals surface area contributed by atoms with Crippen LogP contribution in [0.25, 0.3) is 11.3 Å². The van der Waals surface area contributed by atoms with Gasteiger partial charge in [0.25, 0.3) is 10.0 Å². The molecule has 0 bridgehead atoms. The van der Waals surface area contributed by atoms with Crippen molar-refractivity contribution in [3.05, 3.63) is 76.3 Å². The molecule has 0 radical (unpaired) electrons. The van der Waals surface area contributed by atoms with Gasteiger partial charge in [-0.2, -0.15) is 8.42 Å². The maximum atomic E-state index is 14.0. The van der Waals surface area contributed by atoms with Crippen molar-refractivity contribution in [3.63, 3.8) is 0 Å². The van der Waals surface area contributed by atoms with E-state index in [0.29, 0.717) is 40.3 Å². The fraction of sp³-hybridized carbons (Fsp3) is 0.259. The molecule has 0 saturated heterocycles. The van der Waals surface area contributed by atoms with Crippen molar-refractivity contribution >= 4 is 32.2 Å². The molecule has 2 heterocycles. The van der Waals surface area contributed by atoms with Crippen LogP contribution in [-0.2, 0) is 22.2 Å². The normalized spacial score (nSPS) is 14.4. The summed E-state index contributed by atoms with van der Waals surface area (Å²) >= 11 is 0.946. The van der Waals surface area contributed by atoms with E-state index in [0.717, 1.165) is 29.9 Å². The zero-order valence-corrected chi connectivity index (χ0v) is 23.2. The molecule has 13 heteroatoms. The second kappa shape index (κ2) is 10.6. The van der Waals surface area contributed by atoms with Crippen LogP contribution in [0.3, 0.4) is 0 Å². The highest BCUT2D eigenvalue weighted by molar-refractivity contribution is 7.92. The molecule has 1 saturated carbocycles. The number of pyridine rings is 1. The Morgan fingerprint density at radius 3 is 2.58 bits per heavy atom. The number of para-hydroxylation sites is 1. The maximum Gasteiger partial charge on any atom is 0.281 e. The minimum atomic E-state index is -4.19. The molecule has 210 valence electrons. The Kier molecular flexibility index (Phi) is 7.38. The third-order valence-electron chi connectivity index (χ3n) is 6.72. The number of ether oxygens (including phenoxy) is 1. The number of halogens is 2. The maximum absolute atomic E-state index is 14.0. The van der Waals surface area contributed by atoms with Gasteiger partial charge in [0.15, 0.2) is 33.3 Å². The van der Waals surface area contributed by atoms with Crippen molar-refractivity contribution in [3.8, 4) is 22.8 Å². The lowest BCUT2D eigenvalue weighted by Crippen LogP contribution is -2.33. The van der Waals surface area contributed by atoms with Crippen molar-refractivity contribution in [2.75, 3.05) is 17.1 Å². The van der Waals surface area contributed by atoms with Gasteiger partial charge in [0.1, 0.15) is 5.60 Å². The van der Waals surface area contributed by atoms with Crippen molar-refractivity contribution in [2.24, 2.45) is 0 Å². The average molecular weight is 589 g/mol. The van der Waals surface area contributed by atoms with Crippen LogP contribution in [0.5, 0.6) is 11.5 Å². The molecule has 0 amide bonds. The number of phenols is 1. The van der Waals surface area contributed by atoms with Gasteiger partial charge in [-0.15, -0.1) is 0 Å². The third-order valence-corrected chi connectivity index (χ3v) is 9.41. The molecule has 9 nitrogen and oxygen atoms in total. The largest absolute Gasteiger partial charge is 0.504 e. The number of rotatable bonds is 9. The SMILES string of the molecule is COc1cccc(CNc2cnc(S(=O)(=O)Nc3nc(-c4ccc(F)c(F)c4)c(C4(O)CCC4)s3)c(C)c2)c1O. The zero-order chi connectivity index (χ0) is 28.7. The molecule has 2 aromatic heterocycles. The Morgan fingerprint density at radius 2 is 1.93 bits per heavy atom. The molecule has 0 aliphatic heterocycles. The molecule has 1 aliphatic carbocycles. The lowest BCUT2D eigenvalue weighted by atomic mass is 9.78. The smallest absolute Gasteiger partial charge is 0.281 e. The number of benzene rings is 2. The van der Waals surface area contributed by atoms with Gasteiger partial charge in [-0.3, -0.25) is 4.72 Å². The van der Waals surface area contributed by atoms with E-state index in [-0.39, 0.29) is 33.7 Å². The summed E-state index contributed by atoms with van der Waals surface area (Å²) < 4.78 is 61.6. The first-order valence-corrected chi connectivity index (χ1v) is 14.6. The van der Waals surface area contributed by atoms with Gasteiger partial charge < -0.3 is 20.3 Å². The zero-order valence-electron chi connectivity index (χ0n) is 21.5. The van der Waals surface area contributed by atoms with Gasteiger partial charge >= 0.3 is 0 Å². The monoisotopic (exact) mass is 588 g/mol. The lowest BCUT2D eigenvalue weighted by Gasteiger charge is -2.36. The molecule has 0 spiro atoms. The second-order valence-corrected chi connectivity index (χ2v) is 12.1. The number of hydrogen-bond acceptors (Lipinski definition) is 9. The van der Waals surface area contributed by atoms with Crippen molar-refractivity contribution in [1.82, 2.24) is 9.97 Å². The molecule has 4 aromatic rings. The molecule has 5 rings (SSSR count). The predicted octanol–water partition coefficient (Wildman–Crippen LogP) is 5.29. The summed E-state index contributed by atoms with van der Waals surface area (Å²) in [5, 5.41) is 24.1. The molecule has 40 heavy (non-hydrogen) atoms. The number of sulfonamides is 1. The Hall–Kier alpha value is -3.81. The van der Waals surface area contributed by atoms with Crippen molar-refractivity contribution < 1.29 is 32.1 Å². The lowest BCUT2D eigenvalue weighted by molar-refractivity contribution is -0.0350. The first kappa shape index (κ1) is 27.7. The van der Waals surface area contributed by atoms with Crippen LogP contribution < -0.4 is 14.8 Å². The van der Waals surface area contributed by atoms with Gasteiger partial charge in [-0.25, -0.2) is 18.7 Å². The first-order valence-electron chi connectivity index (χ1n) is 12.3. The molecule has 2 aromatic carbocycles. The molecular weight excluding hydrogens is 562 g/mol. The van der Waals surface area contributed by atoms with Crippen LogP contribution in [0.4, 0.5) is 19.6 Å². The number of thiazole rings is 1. The van der Waals surface area contributed by atoms with Gasteiger partial charge in [0.2, 0.25) is 0 Å². The van der Waals surface area contributed by atoms with Crippen LogP contribution in [0, 0.1) is 18.6 Å².